The van der Waals surface area contributed by atoms with Gasteiger partial charge in [-0.2, -0.15) is 10.4 Å². The first kappa shape index (κ1) is 23.4. The zero-order valence-electron chi connectivity index (χ0n) is 18.1. The monoisotopic (exact) mass is 486 g/mol. The zero-order chi connectivity index (χ0) is 24.5. The third kappa shape index (κ3) is 4.14. The van der Waals surface area contributed by atoms with Gasteiger partial charge in [0.1, 0.15) is 5.39 Å². The quantitative estimate of drug-likeness (QED) is 0.382. The highest BCUT2D eigenvalue weighted by Crippen LogP contribution is 2.37. The summed E-state index contributed by atoms with van der Waals surface area (Å²) in [6, 6.07) is 9.69. The van der Waals surface area contributed by atoms with Crippen molar-refractivity contribution in [3.8, 4) is 6.07 Å². The van der Waals surface area contributed by atoms with Crippen molar-refractivity contribution >= 4 is 38.4 Å². The van der Waals surface area contributed by atoms with E-state index in [4.69, 9.17) is 4.74 Å². The topological polar surface area (TPSA) is 179 Å². The molecule has 1 aliphatic rings. The highest BCUT2D eigenvalue weighted by Gasteiger charge is 2.42. The van der Waals surface area contributed by atoms with Gasteiger partial charge in [0, 0.05) is 11.9 Å². The van der Waals surface area contributed by atoms with Gasteiger partial charge in [-0.1, -0.05) is 0 Å². The fourth-order valence-corrected chi connectivity index (χ4v) is 4.76. The van der Waals surface area contributed by atoms with Gasteiger partial charge in [-0.15, -0.1) is 0 Å². The predicted molar refractivity (Wildman–Crippen MR) is 121 cm³/mol. The lowest BCUT2D eigenvalue weighted by molar-refractivity contribution is -0.158. The Bertz CT molecular complexity index is 1430. The van der Waals surface area contributed by atoms with E-state index in [1.54, 1.807) is 22.9 Å². The smallest absolute Gasteiger partial charge is 0.332 e. The summed E-state index contributed by atoms with van der Waals surface area (Å²) in [5, 5.41) is 26.6. The van der Waals surface area contributed by atoms with E-state index in [1.807, 2.05) is 0 Å². The van der Waals surface area contributed by atoms with Gasteiger partial charge >= 0.3 is 5.97 Å². The Hall–Kier alpha value is -3.73. The van der Waals surface area contributed by atoms with E-state index in [0.29, 0.717) is 17.6 Å². The second-order valence-electron chi connectivity index (χ2n) is 7.92. The SMILES string of the molecule is CNS(=O)(=O)c1ccc(Nc2nn(C3(CC#N)CCC(C(=O)O)OC3)c3cc[nH]c(=O)c23)cc1. The Balaban J connectivity index is 1.76. The van der Waals surface area contributed by atoms with Crippen LogP contribution in [0.1, 0.15) is 19.3 Å². The molecule has 3 heterocycles. The van der Waals surface area contributed by atoms with Crippen LogP contribution in [0.15, 0.2) is 46.2 Å². The second kappa shape index (κ2) is 8.90. The minimum Gasteiger partial charge on any atom is -0.479 e. The number of sulfonamides is 1. The number of ether oxygens (including phenoxy) is 1. The molecule has 1 aromatic carbocycles. The maximum Gasteiger partial charge on any atom is 0.332 e. The van der Waals surface area contributed by atoms with Crippen molar-refractivity contribution in [2.24, 2.45) is 0 Å². The fraction of sp³-hybridized carbons (Fsp3) is 0.333. The number of anilines is 2. The van der Waals surface area contributed by atoms with E-state index in [1.165, 1.54) is 25.4 Å². The second-order valence-corrected chi connectivity index (χ2v) is 9.81. The lowest BCUT2D eigenvalue weighted by Crippen LogP contribution is -2.46. The van der Waals surface area contributed by atoms with E-state index in [-0.39, 0.29) is 35.5 Å². The van der Waals surface area contributed by atoms with Crippen LogP contribution >= 0.6 is 0 Å². The van der Waals surface area contributed by atoms with E-state index in [2.05, 4.69) is 26.2 Å². The molecule has 3 aromatic rings. The van der Waals surface area contributed by atoms with E-state index < -0.39 is 33.2 Å². The molecule has 13 heteroatoms. The van der Waals surface area contributed by atoms with Crippen LogP contribution in [0, 0.1) is 11.3 Å². The third-order valence-electron chi connectivity index (χ3n) is 5.86. The molecule has 2 aromatic heterocycles. The molecule has 2 unspecified atom stereocenters. The zero-order valence-corrected chi connectivity index (χ0v) is 18.9. The van der Waals surface area contributed by atoms with Gasteiger partial charge < -0.3 is 20.1 Å². The Kier molecular flexibility index (Phi) is 6.13. The van der Waals surface area contributed by atoms with Crippen LogP contribution in [0.2, 0.25) is 0 Å². The molecule has 0 amide bonds. The molecule has 12 nitrogen and oxygen atoms in total. The first-order chi connectivity index (χ1) is 16.2. The number of aromatic nitrogens is 3. The van der Waals surface area contributed by atoms with Crippen LogP contribution in [0.4, 0.5) is 11.5 Å². The average Bonchev–Trinajstić information content (AvgIpc) is 3.20. The predicted octanol–water partition coefficient (Wildman–Crippen LogP) is 1.25. The van der Waals surface area contributed by atoms with Crippen LogP contribution in [0.25, 0.3) is 10.9 Å². The summed E-state index contributed by atoms with van der Waals surface area (Å²) in [4.78, 5) is 26.7. The number of H-pyrrole nitrogens is 1. The Morgan fingerprint density at radius 3 is 2.71 bits per heavy atom. The number of hydrogen-bond acceptors (Lipinski definition) is 8. The van der Waals surface area contributed by atoms with Crippen LogP contribution in [0.5, 0.6) is 0 Å². The molecule has 178 valence electrons. The highest BCUT2D eigenvalue weighted by atomic mass is 32.2. The van der Waals surface area contributed by atoms with Gasteiger partial charge in [0.05, 0.1) is 35.0 Å². The van der Waals surface area contributed by atoms with Crippen molar-refractivity contribution in [2.75, 3.05) is 19.0 Å². The number of hydrogen-bond donors (Lipinski definition) is 4. The number of carboxylic acid groups (broad SMARTS) is 1. The van der Waals surface area contributed by atoms with Crippen molar-refractivity contribution in [3.05, 3.63) is 46.9 Å². The Labute approximate surface area is 194 Å². The van der Waals surface area contributed by atoms with E-state index >= 15 is 0 Å². The van der Waals surface area contributed by atoms with Crippen LogP contribution in [-0.4, -0.2) is 54.0 Å². The van der Waals surface area contributed by atoms with Crippen molar-refractivity contribution in [3.63, 3.8) is 0 Å². The van der Waals surface area contributed by atoms with Gasteiger partial charge in [0.2, 0.25) is 10.0 Å². The highest BCUT2D eigenvalue weighted by molar-refractivity contribution is 7.89. The molecule has 34 heavy (non-hydrogen) atoms. The molecule has 2 atom stereocenters. The number of aromatic amines is 1. The molecule has 0 aliphatic carbocycles. The lowest BCUT2D eigenvalue weighted by atomic mass is 9.87. The van der Waals surface area contributed by atoms with Crippen molar-refractivity contribution in [1.29, 1.82) is 5.26 Å². The summed E-state index contributed by atoms with van der Waals surface area (Å²) in [5.41, 5.74) is -0.427. The molecule has 1 aliphatic heterocycles. The molecular formula is C21H22N6O6S. The molecule has 4 rings (SSSR count). The van der Waals surface area contributed by atoms with E-state index in [0.717, 1.165) is 0 Å². The molecule has 1 fully saturated rings. The summed E-state index contributed by atoms with van der Waals surface area (Å²) in [6.45, 7) is -0.0584. The van der Waals surface area contributed by atoms with E-state index in [9.17, 15) is 28.4 Å². The van der Waals surface area contributed by atoms with Crippen molar-refractivity contribution in [2.45, 2.75) is 35.8 Å². The Morgan fingerprint density at radius 1 is 1.38 bits per heavy atom. The normalized spacial score (nSPS) is 20.6. The van der Waals surface area contributed by atoms with Crippen molar-refractivity contribution in [1.82, 2.24) is 19.5 Å². The van der Waals surface area contributed by atoms with Crippen LogP contribution in [0.3, 0.4) is 0 Å². The Morgan fingerprint density at radius 2 is 2.12 bits per heavy atom. The maximum absolute atomic E-state index is 12.7. The fourth-order valence-electron chi connectivity index (χ4n) is 4.03. The van der Waals surface area contributed by atoms with Gasteiger partial charge in [-0.25, -0.2) is 17.9 Å². The minimum absolute atomic E-state index is 0.00106. The van der Waals surface area contributed by atoms with Gasteiger partial charge in [0.25, 0.3) is 5.56 Å². The van der Waals surface area contributed by atoms with Crippen LogP contribution < -0.4 is 15.6 Å². The standard InChI is InChI=1S/C21H22N6O6S/c1-23-34(31,32)14-4-2-13(3-5-14)25-18-17-15(7-11-24-19(17)28)27(26-18)21(9-10-22)8-6-16(20(29)30)33-12-21/h2-5,7,11,16,23H,6,8-9,12H2,1H3,(H,24,28)(H,25,26)(H,29,30). The summed E-state index contributed by atoms with van der Waals surface area (Å²) < 4.78 is 33.3. The number of carboxylic acids is 1. The van der Waals surface area contributed by atoms with Crippen LogP contribution in [-0.2, 0) is 25.1 Å². The molecule has 1 saturated heterocycles. The molecule has 0 bridgehead atoms. The number of nitrogens with zero attached hydrogens (tertiary/aromatic N) is 3. The largest absolute Gasteiger partial charge is 0.479 e. The van der Waals surface area contributed by atoms with Gasteiger partial charge in [0.15, 0.2) is 11.9 Å². The number of fused-ring (bicyclic) bond motifs is 1. The molecule has 4 N–H and O–H groups in total. The number of pyridine rings is 1. The number of nitrogens with one attached hydrogen (secondary N) is 3. The molecule has 0 spiro atoms. The van der Waals surface area contributed by atoms with Crippen molar-refractivity contribution < 1.29 is 23.1 Å². The summed E-state index contributed by atoms with van der Waals surface area (Å²) in [6.07, 6.45) is 0.998. The van der Waals surface area contributed by atoms with Gasteiger partial charge in [-0.05, 0) is 50.2 Å². The first-order valence-electron chi connectivity index (χ1n) is 10.3. The molecular weight excluding hydrogens is 464 g/mol. The van der Waals surface area contributed by atoms with Gasteiger partial charge in [-0.3, -0.25) is 9.48 Å². The number of aliphatic carboxylic acids is 1. The first-order valence-corrected chi connectivity index (χ1v) is 11.8. The number of nitriles is 1. The number of benzene rings is 1. The third-order valence-corrected chi connectivity index (χ3v) is 7.29. The molecule has 0 radical (unpaired) electrons. The number of rotatable bonds is 7. The summed E-state index contributed by atoms with van der Waals surface area (Å²) >= 11 is 0. The maximum atomic E-state index is 12.7. The summed E-state index contributed by atoms with van der Waals surface area (Å²) in [5.74, 6) is -0.864. The minimum atomic E-state index is -3.60. The number of carbonyl (C=O) groups is 1. The lowest BCUT2D eigenvalue weighted by Gasteiger charge is -2.38. The summed E-state index contributed by atoms with van der Waals surface area (Å²) in [7, 11) is -2.29. The molecule has 0 saturated carbocycles. The average molecular weight is 487 g/mol.